The van der Waals surface area contributed by atoms with E-state index in [-0.39, 0.29) is 5.97 Å². The van der Waals surface area contributed by atoms with Gasteiger partial charge in [-0.05, 0) is 6.92 Å². The smallest absolute Gasteiger partial charge is 0.339 e. The number of nitrogens with zero attached hydrogens (tertiary/aromatic N) is 1. The third-order valence-corrected chi connectivity index (χ3v) is 0.964. The van der Waals surface area contributed by atoms with Crippen LogP contribution in [-0.4, -0.2) is 25.0 Å². The Bertz CT molecular complexity index is 183. The predicted molar refractivity (Wildman–Crippen MR) is 43.7 cm³/mol. The first-order valence-corrected chi connectivity index (χ1v) is 3.24. The van der Waals surface area contributed by atoms with E-state index in [4.69, 9.17) is 0 Å². The second-order valence-electron chi connectivity index (χ2n) is 2.35. The highest BCUT2D eigenvalue weighted by atomic mass is 16.5. The summed E-state index contributed by atoms with van der Waals surface area (Å²) >= 11 is 0. The number of hydrogen-bond donors (Lipinski definition) is 0. The Morgan fingerprint density at radius 2 is 2.09 bits per heavy atom. The van der Waals surface area contributed by atoms with Gasteiger partial charge in [0.05, 0.1) is 11.8 Å². The molecule has 0 aliphatic carbocycles. The molecule has 0 saturated heterocycles. The van der Waals surface area contributed by atoms with Crippen LogP contribution in [0.5, 0.6) is 0 Å². The average Bonchev–Trinajstić information content (AvgIpc) is 1.86. The summed E-state index contributed by atoms with van der Waals surface area (Å²) < 4.78 is 4.53. The molecule has 0 fully saturated rings. The van der Waals surface area contributed by atoms with Gasteiger partial charge in [0, 0.05) is 20.3 Å². The Kier molecular flexibility index (Phi) is 4.03. The second kappa shape index (κ2) is 4.55. The van der Waals surface area contributed by atoms with Crippen LogP contribution in [0, 0.1) is 0 Å². The van der Waals surface area contributed by atoms with Crippen LogP contribution in [0.1, 0.15) is 6.92 Å². The zero-order valence-electron chi connectivity index (χ0n) is 7.13. The molecule has 0 spiro atoms. The summed E-state index contributed by atoms with van der Waals surface area (Å²) in [6, 6.07) is 0. The lowest BCUT2D eigenvalue weighted by Gasteiger charge is -2.05. The molecule has 3 heteroatoms. The van der Waals surface area contributed by atoms with Crippen LogP contribution in [0.15, 0.2) is 24.6 Å². The van der Waals surface area contributed by atoms with E-state index in [1.165, 1.54) is 0 Å². The molecule has 0 aromatic rings. The van der Waals surface area contributed by atoms with Gasteiger partial charge in [-0.2, -0.15) is 0 Å². The van der Waals surface area contributed by atoms with E-state index in [0.29, 0.717) is 5.57 Å². The van der Waals surface area contributed by atoms with Gasteiger partial charge in [-0.3, -0.25) is 0 Å². The summed E-state index contributed by atoms with van der Waals surface area (Å²) in [4.78, 5) is 12.7. The van der Waals surface area contributed by atoms with Crippen LogP contribution >= 0.6 is 0 Å². The van der Waals surface area contributed by atoms with Gasteiger partial charge >= 0.3 is 5.97 Å². The molecule has 0 radical (unpaired) electrons. The molecule has 62 valence electrons. The summed E-state index contributed by atoms with van der Waals surface area (Å²) in [7, 11) is 3.68. The second-order valence-corrected chi connectivity index (χ2v) is 2.35. The first-order chi connectivity index (χ1) is 5.07. The molecule has 0 aromatic heterocycles. The normalized spacial score (nSPS) is 10.6. The minimum Gasteiger partial charge on any atom is -0.432 e. The van der Waals surface area contributed by atoms with Crippen molar-refractivity contribution in [1.82, 2.24) is 4.90 Å². The fraction of sp³-hybridized carbons (Fsp3) is 0.375. The van der Waals surface area contributed by atoms with Crippen molar-refractivity contribution >= 4 is 5.97 Å². The van der Waals surface area contributed by atoms with Gasteiger partial charge < -0.3 is 9.64 Å². The Morgan fingerprint density at radius 1 is 1.55 bits per heavy atom. The van der Waals surface area contributed by atoms with Gasteiger partial charge in [0.2, 0.25) is 0 Å². The van der Waals surface area contributed by atoms with E-state index in [1.54, 1.807) is 18.0 Å². The molecule has 3 nitrogen and oxygen atoms in total. The topological polar surface area (TPSA) is 29.5 Å². The van der Waals surface area contributed by atoms with Crippen LogP contribution in [0.2, 0.25) is 0 Å². The zero-order valence-corrected chi connectivity index (χ0v) is 7.13. The predicted octanol–water partition coefficient (Wildman–Crippen LogP) is 1.14. The number of esters is 1. The molecule has 0 bridgehead atoms. The Morgan fingerprint density at radius 3 is 2.45 bits per heavy atom. The van der Waals surface area contributed by atoms with Crippen LogP contribution in [-0.2, 0) is 9.53 Å². The highest BCUT2D eigenvalue weighted by Gasteiger charge is 2.02. The Hall–Kier alpha value is -1.25. The molecule has 0 saturated carbocycles. The summed E-state index contributed by atoms with van der Waals surface area (Å²) in [5.74, 6) is -0.367. The van der Waals surface area contributed by atoms with Crippen molar-refractivity contribution in [2.75, 3.05) is 14.1 Å². The quantitative estimate of drug-likeness (QED) is 0.348. The summed E-state index contributed by atoms with van der Waals surface area (Å²) in [6.07, 6.45) is 2.81. The van der Waals surface area contributed by atoms with Crippen molar-refractivity contribution in [3.63, 3.8) is 0 Å². The number of ether oxygens (including phenoxy) is 1. The van der Waals surface area contributed by atoms with Crippen molar-refractivity contribution < 1.29 is 9.53 Å². The standard InChI is InChI=1S/C8H13NO2/c1-5-11-8(10)7(2)6-9(3)4/h5-6H,1H2,2-4H3/b7-6+. The van der Waals surface area contributed by atoms with E-state index in [9.17, 15) is 4.79 Å². The summed E-state index contributed by atoms with van der Waals surface area (Å²) in [5.41, 5.74) is 0.551. The molecule has 0 aromatic carbocycles. The first-order valence-electron chi connectivity index (χ1n) is 3.24. The molecule has 0 amide bonds. The highest BCUT2D eigenvalue weighted by Crippen LogP contribution is 1.97. The minimum absolute atomic E-state index is 0.367. The molecule has 0 atom stereocenters. The maximum absolute atomic E-state index is 10.9. The highest BCUT2D eigenvalue weighted by molar-refractivity contribution is 5.87. The fourth-order valence-corrected chi connectivity index (χ4v) is 0.609. The third kappa shape index (κ3) is 4.19. The molecule has 11 heavy (non-hydrogen) atoms. The Balaban J connectivity index is 4.11. The molecule has 0 aliphatic heterocycles. The lowest BCUT2D eigenvalue weighted by atomic mass is 10.3. The van der Waals surface area contributed by atoms with Crippen molar-refractivity contribution in [2.45, 2.75) is 6.92 Å². The number of carbonyl (C=O) groups excluding carboxylic acids is 1. The molecule has 0 rings (SSSR count). The third-order valence-electron chi connectivity index (χ3n) is 0.964. The van der Waals surface area contributed by atoms with Gasteiger partial charge in [-0.1, -0.05) is 6.58 Å². The van der Waals surface area contributed by atoms with Gasteiger partial charge in [-0.25, -0.2) is 4.79 Å². The van der Waals surface area contributed by atoms with E-state index >= 15 is 0 Å². The first kappa shape index (κ1) is 9.75. The van der Waals surface area contributed by atoms with Gasteiger partial charge in [0.15, 0.2) is 0 Å². The van der Waals surface area contributed by atoms with E-state index in [2.05, 4.69) is 11.3 Å². The SMILES string of the molecule is C=COC(=O)/C(C)=C/N(C)C. The molecule has 0 aliphatic rings. The molecular formula is C8H13NO2. The van der Waals surface area contributed by atoms with Crippen molar-refractivity contribution in [1.29, 1.82) is 0 Å². The van der Waals surface area contributed by atoms with E-state index in [0.717, 1.165) is 6.26 Å². The van der Waals surface area contributed by atoms with E-state index in [1.807, 2.05) is 14.1 Å². The number of hydrogen-bond acceptors (Lipinski definition) is 3. The lowest BCUT2D eigenvalue weighted by Crippen LogP contribution is -2.08. The lowest BCUT2D eigenvalue weighted by molar-refractivity contribution is -0.133. The van der Waals surface area contributed by atoms with Gasteiger partial charge in [0.1, 0.15) is 0 Å². The maximum Gasteiger partial charge on any atom is 0.339 e. The molecular weight excluding hydrogens is 142 g/mol. The van der Waals surface area contributed by atoms with Crippen LogP contribution in [0.4, 0.5) is 0 Å². The number of carbonyl (C=O) groups is 1. The van der Waals surface area contributed by atoms with E-state index < -0.39 is 0 Å². The summed E-state index contributed by atoms with van der Waals surface area (Å²) in [5, 5.41) is 0. The largest absolute Gasteiger partial charge is 0.432 e. The minimum atomic E-state index is -0.367. The van der Waals surface area contributed by atoms with Crippen molar-refractivity contribution in [3.8, 4) is 0 Å². The van der Waals surface area contributed by atoms with Crippen LogP contribution in [0.25, 0.3) is 0 Å². The van der Waals surface area contributed by atoms with Gasteiger partial charge in [0.25, 0.3) is 0 Å². The fourth-order valence-electron chi connectivity index (χ4n) is 0.609. The Labute approximate surface area is 66.9 Å². The maximum atomic E-state index is 10.9. The van der Waals surface area contributed by atoms with Crippen LogP contribution < -0.4 is 0 Å². The van der Waals surface area contributed by atoms with Crippen molar-refractivity contribution in [2.24, 2.45) is 0 Å². The molecule has 0 N–H and O–H groups in total. The van der Waals surface area contributed by atoms with Crippen molar-refractivity contribution in [3.05, 3.63) is 24.6 Å². The molecule has 0 unspecified atom stereocenters. The monoisotopic (exact) mass is 155 g/mol. The summed E-state index contributed by atoms with van der Waals surface area (Å²) in [6.45, 7) is 4.96. The van der Waals surface area contributed by atoms with Gasteiger partial charge in [-0.15, -0.1) is 0 Å². The average molecular weight is 155 g/mol. The zero-order chi connectivity index (χ0) is 8.85. The molecule has 0 heterocycles. The van der Waals surface area contributed by atoms with Crippen LogP contribution in [0.3, 0.4) is 0 Å². The number of rotatable bonds is 3.